The van der Waals surface area contributed by atoms with Crippen molar-refractivity contribution >= 4 is 18.1 Å². The first-order valence-electron chi connectivity index (χ1n) is 8.35. The molecule has 0 aliphatic carbocycles. The normalized spacial score (nSPS) is 15.9. The maximum atomic E-state index is 5.15. The summed E-state index contributed by atoms with van der Waals surface area (Å²) in [5, 5.41) is 4.29. The Morgan fingerprint density at radius 2 is 1.88 bits per heavy atom. The molecule has 0 aromatic heterocycles. The molecule has 0 amide bonds. The van der Waals surface area contributed by atoms with Crippen LogP contribution in [-0.4, -0.2) is 24.7 Å². The van der Waals surface area contributed by atoms with Gasteiger partial charge in [-0.05, 0) is 49.6 Å². The van der Waals surface area contributed by atoms with E-state index in [1.165, 1.54) is 5.56 Å². The molecule has 0 saturated carbocycles. The van der Waals surface area contributed by atoms with Gasteiger partial charge in [0.25, 0.3) is 0 Å². The van der Waals surface area contributed by atoms with Crippen molar-refractivity contribution in [3.05, 3.63) is 71.3 Å². The van der Waals surface area contributed by atoms with Gasteiger partial charge in [-0.3, -0.25) is 10.4 Å². The summed E-state index contributed by atoms with van der Waals surface area (Å²) in [5.74, 6) is 1.67. The number of hydrogen-bond donors (Lipinski definition) is 1. The summed E-state index contributed by atoms with van der Waals surface area (Å²) in [6, 6.07) is 16.2. The van der Waals surface area contributed by atoms with Gasteiger partial charge < -0.3 is 4.74 Å². The van der Waals surface area contributed by atoms with E-state index < -0.39 is 0 Å². The molecular formula is C21H23N3O. The van der Waals surface area contributed by atoms with Gasteiger partial charge in [-0.1, -0.05) is 42.5 Å². The molecule has 1 aliphatic heterocycles. The van der Waals surface area contributed by atoms with Gasteiger partial charge in [0.1, 0.15) is 11.6 Å². The fourth-order valence-electron chi connectivity index (χ4n) is 2.87. The van der Waals surface area contributed by atoms with Crippen LogP contribution in [-0.2, 0) is 6.42 Å². The second-order valence-corrected chi connectivity index (χ2v) is 6.63. The highest BCUT2D eigenvalue weighted by molar-refractivity contribution is 6.01. The minimum Gasteiger partial charge on any atom is -0.497 e. The second-order valence-electron chi connectivity index (χ2n) is 6.63. The first-order valence-corrected chi connectivity index (χ1v) is 8.35. The van der Waals surface area contributed by atoms with E-state index in [1.807, 2.05) is 42.5 Å². The number of nitrogens with one attached hydrogen (secondary N) is 1. The zero-order chi connectivity index (χ0) is 17.7. The van der Waals surface area contributed by atoms with E-state index in [2.05, 4.69) is 42.6 Å². The van der Waals surface area contributed by atoms with Crippen molar-refractivity contribution < 1.29 is 4.74 Å². The van der Waals surface area contributed by atoms with E-state index in [4.69, 9.17) is 9.73 Å². The van der Waals surface area contributed by atoms with E-state index in [-0.39, 0.29) is 5.54 Å². The van der Waals surface area contributed by atoms with Crippen LogP contribution in [0.3, 0.4) is 0 Å². The van der Waals surface area contributed by atoms with Crippen molar-refractivity contribution in [2.24, 2.45) is 10.1 Å². The number of hydrazone groups is 1. The van der Waals surface area contributed by atoms with Crippen molar-refractivity contribution in [1.82, 2.24) is 5.43 Å². The number of rotatable bonds is 4. The Bertz CT molecular complexity index is 817. The van der Waals surface area contributed by atoms with E-state index >= 15 is 0 Å². The summed E-state index contributed by atoms with van der Waals surface area (Å²) in [7, 11) is 1.66. The minimum atomic E-state index is -0.120. The molecule has 4 heteroatoms. The van der Waals surface area contributed by atoms with Crippen LogP contribution in [0.4, 0.5) is 0 Å². The molecule has 0 unspecified atom stereocenters. The minimum absolute atomic E-state index is 0.120. The molecule has 3 rings (SSSR count). The van der Waals surface area contributed by atoms with E-state index in [0.717, 1.165) is 29.1 Å². The average molecular weight is 333 g/mol. The van der Waals surface area contributed by atoms with Crippen LogP contribution < -0.4 is 10.2 Å². The molecule has 2 aromatic carbocycles. The fraction of sp³-hybridized carbons (Fsp3) is 0.238. The lowest BCUT2D eigenvalue weighted by Crippen LogP contribution is -2.34. The van der Waals surface area contributed by atoms with Gasteiger partial charge in [-0.15, -0.1) is 0 Å². The Morgan fingerprint density at radius 3 is 2.64 bits per heavy atom. The summed E-state index contributed by atoms with van der Waals surface area (Å²) in [4.78, 5) is 4.78. The molecule has 1 N–H and O–H groups in total. The first-order chi connectivity index (χ1) is 12.1. The Balaban J connectivity index is 1.66. The van der Waals surface area contributed by atoms with Crippen LogP contribution in [0.15, 0.2) is 64.7 Å². The second kappa shape index (κ2) is 7.34. The van der Waals surface area contributed by atoms with Crippen molar-refractivity contribution in [2.45, 2.75) is 25.8 Å². The number of ether oxygens (including phenoxy) is 1. The molecule has 0 spiro atoms. The number of benzene rings is 2. The molecule has 4 nitrogen and oxygen atoms in total. The van der Waals surface area contributed by atoms with E-state index in [0.29, 0.717) is 0 Å². The molecule has 0 saturated heterocycles. The summed E-state index contributed by atoms with van der Waals surface area (Å²) in [6.07, 6.45) is 6.56. The third-order valence-corrected chi connectivity index (χ3v) is 4.05. The number of methoxy groups -OCH3 is 1. The van der Waals surface area contributed by atoms with Crippen molar-refractivity contribution in [3.63, 3.8) is 0 Å². The van der Waals surface area contributed by atoms with Crippen LogP contribution in [0, 0.1) is 0 Å². The third kappa shape index (κ3) is 4.35. The molecule has 1 heterocycles. The molecule has 25 heavy (non-hydrogen) atoms. The predicted octanol–water partition coefficient (Wildman–Crippen LogP) is 4.07. The lowest BCUT2D eigenvalue weighted by molar-refractivity contribution is 0.415. The zero-order valence-electron chi connectivity index (χ0n) is 14.9. The van der Waals surface area contributed by atoms with Crippen LogP contribution in [0.5, 0.6) is 5.75 Å². The quantitative estimate of drug-likeness (QED) is 0.677. The van der Waals surface area contributed by atoms with Gasteiger partial charge in [0.15, 0.2) is 0 Å². The fourth-order valence-corrected chi connectivity index (χ4v) is 2.87. The summed E-state index contributed by atoms with van der Waals surface area (Å²) in [6.45, 7) is 4.27. The van der Waals surface area contributed by atoms with E-state index in [9.17, 15) is 0 Å². The van der Waals surface area contributed by atoms with Crippen LogP contribution in [0.25, 0.3) is 6.08 Å². The van der Waals surface area contributed by atoms with Crippen LogP contribution in [0.1, 0.15) is 30.5 Å². The maximum absolute atomic E-state index is 5.15. The summed E-state index contributed by atoms with van der Waals surface area (Å²) in [5.41, 5.74) is 6.48. The van der Waals surface area contributed by atoms with Gasteiger partial charge in [0.05, 0.1) is 12.6 Å². The molecule has 128 valence electrons. The monoisotopic (exact) mass is 333 g/mol. The average Bonchev–Trinajstić information content (AvgIpc) is 2.61. The largest absolute Gasteiger partial charge is 0.497 e. The molecule has 1 aliphatic rings. The van der Waals surface area contributed by atoms with Crippen molar-refractivity contribution in [3.8, 4) is 5.75 Å². The van der Waals surface area contributed by atoms with Gasteiger partial charge in [-0.2, -0.15) is 5.10 Å². The SMILES string of the molecule is COc1ccc(/C=C/C=N/NC2=NC(C)(C)Cc3ccccc32)cc1. The van der Waals surface area contributed by atoms with Gasteiger partial charge in [0, 0.05) is 11.8 Å². The lowest BCUT2D eigenvalue weighted by atomic mass is 9.89. The standard InChI is InChI=1S/C21H23N3O/c1-21(2)15-17-8-4-5-9-19(17)20(23-21)24-22-14-6-7-16-10-12-18(25-3)13-11-16/h4-14H,15H2,1-3H3,(H,23,24)/b7-6+,22-14+. The summed E-state index contributed by atoms with van der Waals surface area (Å²) < 4.78 is 5.15. The third-order valence-electron chi connectivity index (χ3n) is 4.05. The van der Waals surface area contributed by atoms with Gasteiger partial charge >= 0.3 is 0 Å². The Kier molecular flexibility index (Phi) is 4.98. The highest BCUT2D eigenvalue weighted by atomic mass is 16.5. The maximum Gasteiger partial charge on any atom is 0.149 e. The van der Waals surface area contributed by atoms with Crippen LogP contribution >= 0.6 is 0 Å². The van der Waals surface area contributed by atoms with Gasteiger partial charge in [0.2, 0.25) is 0 Å². The van der Waals surface area contributed by atoms with Crippen molar-refractivity contribution in [1.29, 1.82) is 0 Å². The number of hydrogen-bond acceptors (Lipinski definition) is 4. The number of amidine groups is 1. The highest BCUT2D eigenvalue weighted by Gasteiger charge is 2.26. The smallest absolute Gasteiger partial charge is 0.149 e. The lowest BCUT2D eigenvalue weighted by Gasteiger charge is -2.28. The number of nitrogens with zero attached hydrogens (tertiary/aromatic N) is 2. The first kappa shape index (κ1) is 17.0. The number of allylic oxidation sites excluding steroid dienone is 1. The zero-order valence-corrected chi connectivity index (χ0v) is 14.9. The molecule has 0 radical (unpaired) electrons. The Labute approximate surface area is 149 Å². The molecule has 0 atom stereocenters. The van der Waals surface area contributed by atoms with Crippen molar-refractivity contribution in [2.75, 3.05) is 7.11 Å². The molecule has 0 fully saturated rings. The summed E-state index contributed by atoms with van der Waals surface area (Å²) >= 11 is 0. The molecule has 0 bridgehead atoms. The molecule has 2 aromatic rings. The number of fused-ring (bicyclic) bond motifs is 1. The Hall–Kier alpha value is -2.88. The highest BCUT2D eigenvalue weighted by Crippen LogP contribution is 2.25. The van der Waals surface area contributed by atoms with E-state index in [1.54, 1.807) is 13.3 Å². The molecular weight excluding hydrogens is 310 g/mol. The predicted molar refractivity (Wildman–Crippen MR) is 104 cm³/mol. The topological polar surface area (TPSA) is 46.0 Å². The number of aliphatic imine (C=N–C) groups is 1. The Morgan fingerprint density at radius 1 is 1.12 bits per heavy atom. The van der Waals surface area contributed by atoms with Crippen LogP contribution in [0.2, 0.25) is 0 Å². The van der Waals surface area contributed by atoms with Gasteiger partial charge in [-0.25, -0.2) is 0 Å².